The fourth-order valence-corrected chi connectivity index (χ4v) is 3.33. The van der Waals surface area contributed by atoms with Crippen LogP contribution in [-0.2, 0) is 6.42 Å². The van der Waals surface area contributed by atoms with Crippen LogP contribution in [0.15, 0.2) is 24.3 Å². The van der Waals surface area contributed by atoms with Gasteiger partial charge < -0.3 is 0 Å². The van der Waals surface area contributed by atoms with Gasteiger partial charge in [0.1, 0.15) is 0 Å². The summed E-state index contributed by atoms with van der Waals surface area (Å²) in [4.78, 5) is 12.7. The minimum atomic E-state index is 0.340. The number of hydrogen-bond acceptors (Lipinski definition) is 2. The van der Waals surface area contributed by atoms with Crippen molar-refractivity contribution in [2.24, 2.45) is 0 Å². The van der Waals surface area contributed by atoms with Crippen molar-refractivity contribution in [3.8, 4) is 0 Å². The van der Waals surface area contributed by atoms with E-state index in [4.69, 9.17) is 0 Å². The van der Waals surface area contributed by atoms with E-state index < -0.39 is 0 Å². The van der Waals surface area contributed by atoms with E-state index in [9.17, 15) is 4.79 Å². The summed E-state index contributed by atoms with van der Waals surface area (Å²) in [6.07, 6.45) is 2.83. The van der Waals surface area contributed by atoms with Crippen LogP contribution in [0.5, 0.6) is 0 Å². The Morgan fingerprint density at radius 2 is 2.00 bits per heavy atom. The molecule has 1 aromatic heterocycles. The predicted octanol–water partition coefficient (Wildman–Crippen LogP) is 3.42. The molecule has 1 aliphatic rings. The van der Waals surface area contributed by atoms with Gasteiger partial charge in [0.15, 0.2) is 5.78 Å². The molecule has 1 aromatic carbocycles. The van der Waals surface area contributed by atoms with Gasteiger partial charge in [-0.05, 0) is 29.9 Å². The van der Waals surface area contributed by atoms with Gasteiger partial charge in [-0.15, -0.1) is 11.3 Å². The van der Waals surface area contributed by atoms with Gasteiger partial charge in [0.25, 0.3) is 0 Å². The Kier molecular flexibility index (Phi) is 1.71. The Morgan fingerprint density at radius 3 is 2.93 bits per heavy atom. The van der Waals surface area contributed by atoms with Crippen LogP contribution in [0.25, 0.3) is 10.1 Å². The fourth-order valence-electron chi connectivity index (χ4n) is 2.11. The van der Waals surface area contributed by atoms with Crippen LogP contribution >= 0.6 is 11.3 Å². The van der Waals surface area contributed by atoms with Gasteiger partial charge >= 0.3 is 0 Å². The molecule has 0 unspecified atom stereocenters. The molecule has 2 heteroatoms. The predicted molar refractivity (Wildman–Crippen MR) is 59.1 cm³/mol. The van der Waals surface area contributed by atoms with Crippen molar-refractivity contribution in [2.75, 3.05) is 0 Å². The molecule has 0 N–H and O–H groups in total. The Bertz CT molecular complexity index is 510. The molecule has 1 heterocycles. The van der Waals surface area contributed by atoms with E-state index in [2.05, 4.69) is 18.2 Å². The quantitative estimate of drug-likeness (QED) is 0.639. The molecule has 1 aliphatic carbocycles. The SMILES string of the molecule is O=C1CCCc2c1sc1ccccc21. The molecule has 0 amide bonds. The van der Waals surface area contributed by atoms with Crippen molar-refractivity contribution in [3.05, 3.63) is 34.7 Å². The molecule has 70 valence electrons. The summed E-state index contributed by atoms with van der Waals surface area (Å²) in [7, 11) is 0. The molecule has 0 bridgehead atoms. The minimum absolute atomic E-state index is 0.340. The summed E-state index contributed by atoms with van der Waals surface area (Å²) in [6.45, 7) is 0. The van der Waals surface area contributed by atoms with E-state index in [1.54, 1.807) is 11.3 Å². The molecule has 0 spiro atoms. The van der Waals surface area contributed by atoms with Crippen molar-refractivity contribution in [3.63, 3.8) is 0 Å². The minimum Gasteiger partial charge on any atom is -0.293 e. The summed E-state index contributed by atoms with van der Waals surface area (Å²) in [5, 5.41) is 1.29. The topological polar surface area (TPSA) is 17.1 Å². The smallest absolute Gasteiger partial charge is 0.173 e. The molecular weight excluding hydrogens is 192 g/mol. The molecular formula is C12H10OS. The van der Waals surface area contributed by atoms with Crippen molar-refractivity contribution >= 4 is 27.2 Å². The van der Waals surface area contributed by atoms with E-state index in [1.807, 2.05) is 6.07 Å². The lowest BCUT2D eigenvalue weighted by molar-refractivity contribution is 0.0977. The van der Waals surface area contributed by atoms with Crippen molar-refractivity contribution in [2.45, 2.75) is 19.3 Å². The van der Waals surface area contributed by atoms with Crippen molar-refractivity contribution < 1.29 is 4.79 Å². The number of thiophene rings is 1. The molecule has 0 saturated carbocycles. The Balaban J connectivity index is 2.38. The van der Waals surface area contributed by atoms with Crippen LogP contribution < -0.4 is 0 Å². The highest BCUT2D eigenvalue weighted by molar-refractivity contribution is 7.21. The van der Waals surface area contributed by atoms with Gasteiger partial charge in [0, 0.05) is 11.1 Å². The van der Waals surface area contributed by atoms with Gasteiger partial charge in [0.2, 0.25) is 0 Å². The molecule has 0 aliphatic heterocycles. The third-order valence-electron chi connectivity index (χ3n) is 2.78. The molecule has 0 fully saturated rings. The molecule has 0 atom stereocenters. The number of hydrogen-bond donors (Lipinski definition) is 0. The van der Waals surface area contributed by atoms with Crippen LogP contribution in [0.2, 0.25) is 0 Å². The maximum atomic E-state index is 11.7. The van der Waals surface area contributed by atoms with E-state index in [1.165, 1.54) is 15.6 Å². The van der Waals surface area contributed by atoms with Gasteiger partial charge in [-0.1, -0.05) is 18.2 Å². The highest BCUT2D eigenvalue weighted by Crippen LogP contribution is 2.35. The Labute approximate surface area is 86.4 Å². The maximum absolute atomic E-state index is 11.7. The second-order valence-electron chi connectivity index (χ2n) is 3.68. The standard InChI is InChI=1S/C12H10OS/c13-10-6-3-5-9-8-4-1-2-7-11(8)14-12(9)10/h1-2,4,7H,3,5-6H2. The molecule has 3 rings (SSSR count). The van der Waals surface area contributed by atoms with Crippen LogP contribution in [0.4, 0.5) is 0 Å². The number of aryl methyl sites for hydroxylation is 1. The van der Waals surface area contributed by atoms with Crippen LogP contribution in [-0.4, -0.2) is 5.78 Å². The summed E-state index contributed by atoms with van der Waals surface area (Å²) in [6, 6.07) is 8.32. The van der Waals surface area contributed by atoms with Gasteiger partial charge in [-0.3, -0.25) is 4.79 Å². The third-order valence-corrected chi connectivity index (χ3v) is 4.04. The largest absolute Gasteiger partial charge is 0.293 e. The second-order valence-corrected chi connectivity index (χ2v) is 4.73. The first-order valence-corrected chi connectivity index (χ1v) is 5.71. The zero-order chi connectivity index (χ0) is 9.54. The average Bonchev–Trinajstić information content (AvgIpc) is 2.59. The number of rotatable bonds is 0. The van der Waals surface area contributed by atoms with E-state index in [0.717, 1.165) is 24.1 Å². The zero-order valence-corrected chi connectivity index (χ0v) is 8.56. The fraction of sp³-hybridized carbons (Fsp3) is 0.250. The van der Waals surface area contributed by atoms with Crippen molar-refractivity contribution in [1.82, 2.24) is 0 Å². The molecule has 0 radical (unpaired) electrons. The lowest BCUT2D eigenvalue weighted by Crippen LogP contribution is -2.06. The first kappa shape index (κ1) is 8.18. The van der Waals surface area contributed by atoms with E-state index in [0.29, 0.717) is 5.78 Å². The second kappa shape index (κ2) is 2.92. The van der Waals surface area contributed by atoms with E-state index >= 15 is 0 Å². The average molecular weight is 202 g/mol. The number of fused-ring (bicyclic) bond motifs is 3. The number of benzene rings is 1. The number of Topliss-reactive ketones (excluding diaryl/α,β-unsaturated/α-hetero) is 1. The Hall–Kier alpha value is -1.15. The summed E-state index contributed by atoms with van der Waals surface area (Å²) >= 11 is 1.66. The molecule has 0 saturated heterocycles. The highest BCUT2D eigenvalue weighted by Gasteiger charge is 2.21. The highest BCUT2D eigenvalue weighted by atomic mass is 32.1. The van der Waals surface area contributed by atoms with Crippen LogP contribution in [0.3, 0.4) is 0 Å². The number of carbonyl (C=O) groups is 1. The first-order chi connectivity index (χ1) is 6.86. The number of ketones is 1. The summed E-state index contributed by atoms with van der Waals surface area (Å²) < 4.78 is 1.26. The normalized spacial score (nSPS) is 15.9. The van der Waals surface area contributed by atoms with Crippen LogP contribution in [0.1, 0.15) is 28.1 Å². The van der Waals surface area contributed by atoms with Gasteiger partial charge in [-0.2, -0.15) is 0 Å². The molecule has 14 heavy (non-hydrogen) atoms. The molecule has 2 aromatic rings. The van der Waals surface area contributed by atoms with Crippen molar-refractivity contribution in [1.29, 1.82) is 0 Å². The molecule has 1 nitrogen and oxygen atoms in total. The zero-order valence-electron chi connectivity index (χ0n) is 7.75. The van der Waals surface area contributed by atoms with Crippen LogP contribution in [0, 0.1) is 0 Å². The van der Waals surface area contributed by atoms with Gasteiger partial charge in [0.05, 0.1) is 4.88 Å². The number of carbonyl (C=O) groups excluding carboxylic acids is 1. The van der Waals surface area contributed by atoms with Gasteiger partial charge in [-0.25, -0.2) is 0 Å². The monoisotopic (exact) mass is 202 g/mol. The Morgan fingerprint density at radius 1 is 1.14 bits per heavy atom. The first-order valence-electron chi connectivity index (χ1n) is 4.90. The summed E-state index contributed by atoms with van der Waals surface area (Å²) in [5.74, 6) is 0.340. The lowest BCUT2D eigenvalue weighted by atomic mass is 9.95. The summed E-state index contributed by atoms with van der Waals surface area (Å²) in [5.41, 5.74) is 1.29. The third kappa shape index (κ3) is 1.04. The maximum Gasteiger partial charge on any atom is 0.173 e. The van der Waals surface area contributed by atoms with E-state index in [-0.39, 0.29) is 0 Å². The lowest BCUT2D eigenvalue weighted by Gasteiger charge is -2.09.